The van der Waals surface area contributed by atoms with E-state index in [4.69, 9.17) is 16.3 Å². The van der Waals surface area contributed by atoms with Crippen LogP contribution < -0.4 is 5.32 Å². The summed E-state index contributed by atoms with van der Waals surface area (Å²) in [6, 6.07) is 13.4. The summed E-state index contributed by atoms with van der Waals surface area (Å²) in [7, 11) is 0. The number of carbonyl (C=O) groups excluding carboxylic acids is 1. The summed E-state index contributed by atoms with van der Waals surface area (Å²) >= 11 is 5.89. The molecule has 2 rings (SSSR count). The number of benzene rings is 2. The van der Waals surface area contributed by atoms with E-state index in [2.05, 4.69) is 17.2 Å². The first-order chi connectivity index (χ1) is 12.6. The number of ether oxygens (including phenoxy) is 1. The third-order valence-corrected chi connectivity index (χ3v) is 3.58. The van der Waals surface area contributed by atoms with E-state index in [1.807, 2.05) is 36.4 Å². The van der Waals surface area contributed by atoms with Gasteiger partial charge in [-0.3, -0.25) is 5.32 Å². The van der Waals surface area contributed by atoms with E-state index < -0.39 is 23.7 Å². The third kappa shape index (κ3) is 6.69. The Labute approximate surface area is 163 Å². The van der Waals surface area contributed by atoms with Gasteiger partial charge in [0, 0.05) is 10.6 Å². The Kier molecular flexibility index (Phi) is 6.49. The van der Waals surface area contributed by atoms with Gasteiger partial charge in [0.15, 0.2) is 6.04 Å². The topological polar surface area (TPSA) is 75.6 Å². The summed E-state index contributed by atoms with van der Waals surface area (Å²) in [5.74, 6) is 4.04. The zero-order valence-corrected chi connectivity index (χ0v) is 16.0. The molecule has 0 spiro atoms. The van der Waals surface area contributed by atoms with E-state index >= 15 is 0 Å². The van der Waals surface area contributed by atoms with E-state index in [0.29, 0.717) is 10.6 Å². The maximum absolute atomic E-state index is 11.7. The lowest BCUT2D eigenvalue weighted by Gasteiger charge is -2.20. The number of halogens is 1. The molecule has 0 aliphatic heterocycles. The van der Waals surface area contributed by atoms with Crippen molar-refractivity contribution in [3.8, 4) is 23.0 Å². The van der Waals surface area contributed by atoms with Crippen molar-refractivity contribution in [2.45, 2.75) is 32.4 Å². The van der Waals surface area contributed by atoms with Crippen molar-refractivity contribution < 1.29 is 19.4 Å². The van der Waals surface area contributed by atoms with Crippen molar-refractivity contribution in [1.82, 2.24) is 5.32 Å². The van der Waals surface area contributed by atoms with Crippen LogP contribution in [-0.4, -0.2) is 28.8 Å². The second-order valence-electron chi connectivity index (χ2n) is 6.77. The lowest BCUT2D eigenvalue weighted by Crippen LogP contribution is -2.42. The molecular formula is C21H20ClNO4. The van der Waals surface area contributed by atoms with E-state index in [9.17, 15) is 14.7 Å². The SMILES string of the molecule is CC(C)(C)OC(=O)N[C@H](C#Cc1ccc(-c2ccc(Cl)cc2)cc1)C(=O)O. The Morgan fingerprint density at radius 3 is 2.04 bits per heavy atom. The summed E-state index contributed by atoms with van der Waals surface area (Å²) < 4.78 is 5.05. The van der Waals surface area contributed by atoms with Gasteiger partial charge in [-0.2, -0.15) is 0 Å². The standard InChI is InChI=1S/C21H20ClNO4/c1-21(2,3)27-20(26)23-18(19(24)25)13-6-14-4-7-15(8-5-14)16-9-11-17(22)12-10-16/h4-5,7-12,18H,1-3H3,(H,23,26)(H,24,25)/t18-/m1/s1. The Hall–Kier alpha value is -2.97. The number of rotatable bonds is 3. The maximum Gasteiger partial charge on any atom is 0.409 e. The van der Waals surface area contributed by atoms with Gasteiger partial charge in [0.1, 0.15) is 5.60 Å². The highest BCUT2D eigenvalue weighted by Crippen LogP contribution is 2.21. The normalized spacial score (nSPS) is 11.7. The van der Waals surface area contributed by atoms with Crippen molar-refractivity contribution >= 4 is 23.7 Å². The van der Waals surface area contributed by atoms with Gasteiger partial charge in [-0.15, -0.1) is 0 Å². The molecule has 2 aromatic rings. The molecule has 1 atom stereocenters. The van der Waals surface area contributed by atoms with Crippen LogP contribution in [0.2, 0.25) is 5.02 Å². The number of carbonyl (C=O) groups is 2. The minimum Gasteiger partial charge on any atom is -0.479 e. The summed E-state index contributed by atoms with van der Waals surface area (Å²) in [5, 5.41) is 12.1. The molecule has 1 amide bonds. The fourth-order valence-electron chi connectivity index (χ4n) is 2.13. The molecule has 0 fully saturated rings. The number of nitrogens with one attached hydrogen (secondary N) is 1. The van der Waals surface area contributed by atoms with Gasteiger partial charge in [-0.05, 0) is 56.2 Å². The summed E-state index contributed by atoms with van der Waals surface area (Å²) in [6.45, 7) is 5.07. The first-order valence-electron chi connectivity index (χ1n) is 8.24. The van der Waals surface area contributed by atoms with Crippen molar-refractivity contribution in [2.75, 3.05) is 0 Å². The van der Waals surface area contributed by atoms with Crippen LogP contribution in [0, 0.1) is 11.8 Å². The van der Waals surface area contributed by atoms with Crippen LogP contribution in [-0.2, 0) is 9.53 Å². The van der Waals surface area contributed by atoms with Crippen LogP contribution in [0.15, 0.2) is 48.5 Å². The molecule has 0 aliphatic rings. The van der Waals surface area contributed by atoms with Crippen molar-refractivity contribution in [3.05, 3.63) is 59.1 Å². The average molecular weight is 386 g/mol. The highest BCUT2D eigenvalue weighted by Gasteiger charge is 2.22. The van der Waals surface area contributed by atoms with Crippen LogP contribution in [0.25, 0.3) is 11.1 Å². The third-order valence-electron chi connectivity index (χ3n) is 3.33. The van der Waals surface area contributed by atoms with Crippen molar-refractivity contribution in [3.63, 3.8) is 0 Å². The number of carboxylic acids is 1. The van der Waals surface area contributed by atoms with Crippen LogP contribution >= 0.6 is 11.6 Å². The number of alkyl carbamates (subject to hydrolysis) is 1. The zero-order valence-electron chi connectivity index (χ0n) is 15.2. The van der Waals surface area contributed by atoms with E-state index in [0.717, 1.165) is 11.1 Å². The number of amides is 1. The number of hydrogen-bond acceptors (Lipinski definition) is 3. The maximum atomic E-state index is 11.7. The molecule has 0 aromatic heterocycles. The molecule has 0 saturated carbocycles. The molecule has 2 N–H and O–H groups in total. The molecular weight excluding hydrogens is 366 g/mol. The summed E-state index contributed by atoms with van der Waals surface area (Å²) in [5.41, 5.74) is 1.90. The van der Waals surface area contributed by atoms with E-state index in [1.165, 1.54) is 0 Å². The van der Waals surface area contributed by atoms with E-state index in [1.54, 1.807) is 32.9 Å². The fraction of sp³-hybridized carbons (Fsp3) is 0.238. The predicted octanol–water partition coefficient (Wildman–Crippen LogP) is 4.34. The number of aliphatic carboxylic acids is 1. The molecule has 0 aliphatic carbocycles. The molecule has 0 saturated heterocycles. The van der Waals surface area contributed by atoms with Crippen molar-refractivity contribution in [1.29, 1.82) is 0 Å². The van der Waals surface area contributed by atoms with Gasteiger partial charge >= 0.3 is 12.1 Å². The van der Waals surface area contributed by atoms with Crippen LogP contribution in [0.5, 0.6) is 0 Å². The average Bonchev–Trinajstić information content (AvgIpc) is 2.58. The van der Waals surface area contributed by atoms with Crippen molar-refractivity contribution in [2.24, 2.45) is 0 Å². The molecule has 5 nitrogen and oxygen atoms in total. The highest BCUT2D eigenvalue weighted by molar-refractivity contribution is 6.30. The second-order valence-corrected chi connectivity index (χ2v) is 7.21. The first kappa shape index (κ1) is 20.3. The fourth-order valence-corrected chi connectivity index (χ4v) is 2.25. The Bertz CT molecular complexity index is 872. The number of hydrogen-bond donors (Lipinski definition) is 2. The smallest absolute Gasteiger partial charge is 0.409 e. The Balaban J connectivity index is 2.10. The summed E-state index contributed by atoms with van der Waals surface area (Å²) in [4.78, 5) is 23.0. The second kappa shape index (κ2) is 8.61. The molecule has 6 heteroatoms. The summed E-state index contributed by atoms with van der Waals surface area (Å²) in [6.07, 6.45) is -0.831. The molecule has 140 valence electrons. The monoisotopic (exact) mass is 385 g/mol. The molecule has 27 heavy (non-hydrogen) atoms. The van der Waals surface area contributed by atoms with Gasteiger partial charge in [-0.1, -0.05) is 47.7 Å². The van der Waals surface area contributed by atoms with Crippen LogP contribution in [0.4, 0.5) is 4.79 Å². The largest absolute Gasteiger partial charge is 0.479 e. The van der Waals surface area contributed by atoms with Crippen LogP contribution in [0.3, 0.4) is 0 Å². The highest BCUT2D eigenvalue weighted by atomic mass is 35.5. The molecule has 0 heterocycles. The van der Waals surface area contributed by atoms with Gasteiger partial charge in [0.05, 0.1) is 0 Å². The lowest BCUT2D eigenvalue weighted by molar-refractivity contribution is -0.137. The molecule has 0 bridgehead atoms. The lowest BCUT2D eigenvalue weighted by atomic mass is 10.0. The van der Waals surface area contributed by atoms with Crippen LogP contribution in [0.1, 0.15) is 26.3 Å². The van der Waals surface area contributed by atoms with E-state index in [-0.39, 0.29) is 0 Å². The number of carboxylic acid groups (broad SMARTS) is 1. The quantitative estimate of drug-likeness (QED) is 0.771. The Morgan fingerprint density at radius 2 is 1.56 bits per heavy atom. The zero-order chi connectivity index (χ0) is 20.0. The molecule has 0 radical (unpaired) electrons. The van der Waals surface area contributed by atoms with Gasteiger partial charge < -0.3 is 9.84 Å². The predicted molar refractivity (Wildman–Crippen MR) is 105 cm³/mol. The molecule has 0 unspecified atom stereocenters. The van der Waals surface area contributed by atoms with Gasteiger partial charge in [-0.25, -0.2) is 9.59 Å². The first-order valence-corrected chi connectivity index (χ1v) is 8.62. The minimum absolute atomic E-state index is 0.630. The van der Waals surface area contributed by atoms with Gasteiger partial charge in [0.25, 0.3) is 0 Å². The molecule has 2 aromatic carbocycles. The van der Waals surface area contributed by atoms with Gasteiger partial charge in [0.2, 0.25) is 0 Å². The Morgan fingerprint density at radius 1 is 1.04 bits per heavy atom. The minimum atomic E-state index is -1.37.